The Labute approximate surface area is 147 Å². The van der Waals surface area contributed by atoms with E-state index >= 15 is 0 Å². The van der Waals surface area contributed by atoms with Gasteiger partial charge < -0.3 is 0 Å². The van der Waals surface area contributed by atoms with Crippen LogP contribution in [0.5, 0.6) is 0 Å². The van der Waals surface area contributed by atoms with Crippen LogP contribution < -0.4 is 5.56 Å². The van der Waals surface area contributed by atoms with Crippen molar-refractivity contribution in [1.29, 1.82) is 0 Å². The average Bonchev–Trinajstić information content (AvgIpc) is 2.74. The van der Waals surface area contributed by atoms with E-state index in [0.717, 1.165) is 3.57 Å². The van der Waals surface area contributed by atoms with E-state index in [-0.39, 0.29) is 27.7 Å². The zero-order valence-electron chi connectivity index (χ0n) is 10.7. The summed E-state index contributed by atoms with van der Waals surface area (Å²) in [6.07, 6.45) is 0. The van der Waals surface area contributed by atoms with Crippen LogP contribution in [0.2, 0.25) is 10.0 Å². The maximum atomic E-state index is 12.8. The van der Waals surface area contributed by atoms with Crippen LogP contribution in [-0.4, -0.2) is 15.3 Å². The molecule has 1 aromatic heterocycles. The van der Waals surface area contributed by atoms with Crippen molar-refractivity contribution in [3.8, 4) is 5.69 Å². The minimum Gasteiger partial charge on any atom is -0.285 e. The van der Waals surface area contributed by atoms with Crippen LogP contribution >= 0.6 is 45.8 Å². The number of benzene rings is 2. The lowest BCUT2D eigenvalue weighted by molar-refractivity contribution is 0.103. The molecule has 1 aliphatic heterocycles. The Kier molecular flexibility index (Phi) is 3.08. The van der Waals surface area contributed by atoms with Crippen molar-refractivity contribution in [2.45, 2.75) is 0 Å². The molecule has 0 spiro atoms. The van der Waals surface area contributed by atoms with Crippen molar-refractivity contribution in [2.24, 2.45) is 0 Å². The second-order valence-corrected chi connectivity index (χ2v) is 6.94. The molecule has 0 atom stereocenters. The summed E-state index contributed by atoms with van der Waals surface area (Å²) in [6, 6.07) is 8.34. The van der Waals surface area contributed by atoms with Crippen molar-refractivity contribution >= 4 is 62.5 Å². The molecule has 3 aromatic rings. The molecule has 0 amide bonds. The predicted molar refractivity (Wildman–Crippen MR) is 93.5 cm³/mol. The monoisotopic (exact) mass is 442 g/mol. The van der Waals surface area contributed by atoms with Gasteiger partial charge in [0.1, 0.15) is 0 Å². The lowest BCUT2D eigenvalue weighted by atomic mass is 10.1. The molecule has 0 fully saturated rings. The highest BCUT2D eigenvalue weighted by atomic mass is 127. The first-order chi connectivity index (χ1) is 10.5. The third-order valence-electron chi connectivity index (χ3n) is 3.54. The Bertz CT molecular complexity index is 1060. The number of carbonyl (C=O) groups excluding carboxylic acids is 1. The first-order valence-corrected chi connectivity index (χ1v) is 8.07. The van der Waals surface area contributed by atoms with E-state index < -0.39 is 0 Å². The van der Waals surface area contributed by atoms with Gasteiger partial charge in [0, 0.05) is 8.59 Å². The highest BCUT2D eigenvalue weighted by molar-refractivity contribution is 14.1. The molecular formula is C15H5Cl2IN2O2. The summed E-state index contributed by atoms with van der Waals surface area (Å²) in [6.45, 7) is 0. The van der Waals surface area contributed by atoms with Gasteiger partial charge in [-0.05, 0) is 52.9 Å². The van der Waals surface area contributed by atoms with Gasteiger partial charge in [-0.3, -0.25) is 14.2 Å². The minimum atomic E-state index is -0.349. The number of aromatic nitrogens is 2. The summed E-state index contributed by atoms with van der Waals surface area (Å²) < 4.78 is 2.24. The number of ketones is 1. The molecule has 2 aromatic carbocycles. The largest absolute Gasteiger partial charge is 0.285 e. The molecule has 0 bridgehead atoms. The Balaban J connectivity index is 2.20. The van der Waals surface area contributed by atoms with Crippen LogP contribution in [0.3, 0.4) is 0 Å². The first-order valence-electron chi connectivity index (χ1n) is 6.24. The zero-order chi connectivity index (χ0) is 15.6. The van der Waals surface area contributed by atoms with Crippen LogP contribution in [0, 0.1) is 3.57 Å². The molecule has 4 nitrogen and oxygen atoms in total. The van der Waals surface area contributed by atoms with E-state index in [1.54, 1.807) is 12.1 Å². The third kappa shape index (κ3) is 1.85. The van der Waals surface area contributed by atoms with Crippen LogP contribution in [0.1, 0.15) is 16.2 Å². The van der Waals surface area contributed by atoms with Gasteiger partial charge in [-0.15, -0.1) is 0 Å². The van der Waals surface area contributed by atoms with Crippen molar-refractivity contribution < 1.29 is 4.79 Å². The Morgan fingerprint density at radius 1 is 1.09 bits per heavy atom. The SMILES string of the molecule is O=C1c2cc(I)ccc2-n2c1nc1c(Cl)cc(Cl)cc1c2=O. The summed E-state index contributed by atoms with van der Waals surface area (Å²) in [5.74, 6) is -0.197. The van der Waals surface area contributed by atoms with Crippen LogP contribution in [0.15, 0.2) is 35.1 Å². The van der Waals surface area contributed by atoms with E-state index in [4.69, 9.17) is 23.2 Å². The van der Waals surface area contributed by atoms with Gasteiger partial charge in [-0.2, -0.15) is 0 Å². The lowest BCUT2D eigenvalue weighted by Gasteiger charge is -2.07. The number of halogens is 3. The molecule has 0 N–H and O–H groups in total. The van der Waals surface area contributed by atoms with E-state index in [2.05, 4.69) is 27.6 Å². The molecule has 1 aliphatic rings. The summed E-state index contributed by atoms with van der Waals surface area (Å²) in [5, 5.41) is 0.894. The summed E-state index contributed by atoms with van der Waals surface area (Å²) >= 11 is 14.2. The van der Waals surface area contributed by atoms with Gasteiger partial charge in [0.15, 0.2) is 5.82 Å². The Morgan fingerprint density at radius 2 is 1.86 bits per heavy atom. The van der Waals surface area contributed by atoms with E-state index in [9.17, 15) is 9.59 Å². The van der Waals surface area contributed by atoms with E-state index in [1.807, 2.05) is 6.07 Å². The van der Waals surface area contributed by atoms with Crippen LogP contribution in [0.4, 0.5) is 0 Å². The van der Waals surface area contributed by atoms with E-state index in [1.165, 1.54) is 16.7 Å². The number of fused-ring (bicyclic) bond motifs is 4. The van der Waals surface area contributed by atoms with Crippen molar-refractivity contribution in [3.05, 3.63) is 65.7 Å². The number of hydrogen-bond donors (Lipinski definition) is 0. The van der Waals surface area contributed by atoms with Gasteiger partial charge in [-0.1, -0.05) is 23.2 Å². The van der Waals surface area contributed by atoms with E-state index in [0.29, 0.717) is 21.7 Å². The fourth-order valence-corrected chi connectivity index (χ4v) is 3.62. The number of carbonyl (C=O) groups is 1. The topological polar surface area (TPSA) is 52.0 Å². The molecule has 108 valence electrons. The predicted octanol–water partition coefficient (Wildman–Crippen LogP) is 3.84. The van der Waals surface area contributed by atoms with Crippen LogP contribution in [-0.2, 0) is 0 Å². The van der Waals surface area contributed by atoms with Gasteiger partial charge in [-0.25, -0.2) is 4.98 Å². The molecule has 22 heavy (non-hydrogen) atoms. The number of rotatable bonds is 0. The van der Waals surface area contributed by atoms with Crippen molar-refractivity contribution in [3.63, 3.8) is 0 Å². The molecule has 0 radical (unpaired) electrons. The molecule has 7 heteroatoms. The smallest absolute Gasteiger partial charge is 0.266 e. The zero-order valence-corrected chi connectivity index (χ0v) is 14.4. The average molecular weight is 443 g/mol. The molecule has 2 heterocycles. The van der Waals surface area contributed by atoms with Crippen LogP contribution in [0.25, 0.3) is 16.6 Å². The molecule has 4 rings (SSSR count). The standard InChI is InChI=1S/C15H5Cl2IN2O2/c16-6-3-9-12(10(17)4-6)19-14-13(21)8-5-7(18)1-2-11(8)20(14)15(9)22/h1-5H. The Morgan fingerprint density at radius 3 is 2.64 bits per heavy atom. The molecule has 0 saturated carbocycles. The maximum Gasteiger partial charge on any atom is 0.266 e. The fourth-order valence-electron chi connectivity index (χ4n) is 2.60. The fraction of sp³-hybridized carbons (Fsp3) is 0. The Hall–Kier alpha value is -1.44. The summed E-state index contributed by atoms with van der Waals surface area (Å²) in [5.41, 5.74) is 0.945. The van der Waals surface area contributed by atoms with Gasteiger partial charge in [0.25, 0.3) is 5.56 Å². The molecule has 0 unspecified atom stereocenters. The molecule has 0 aliphatic carbocycles. The normalized spacial score (nSPS) is 12.6. The second kappa shape index (κ2) is 4.78. The summed E-state index contributed by atoms with van der Waals surface area (Å²) in [7, 11) is 0. The third-order valence-corrected chi connectivity index (χ3v) is 4.72. The highest BCUT2D eigenvalue weighted by Crippen LogP contribution is 2.30. The highest BCUT2D eigenvalue weighted by Gasteiger charge is 2.30. The maximum absolute atomic E-state index is 12.8. The molecule has 0 saturated heterocycles. The quantitative estimate of drug-likeness (QED) is 0.389. The number of hydrogen-bond acceptors (Lipinski definition) is 3. The lowest BCUT2D eigenvalue weighted by Crippen LogP contribution is -2.21. The first kappa shape index (κ1) is 14.2. The minimum absolute atomic E-state index is 0.0822. The van der Waals surface area contributed by atoms with Crippen molar-refractivity contribution in [1.82, 2.24) is 9.55 Å². The summed E-state index contributed by atoms with van der Waals surface area (Å²) in [4.78, 5) is 29.6. The van der Waals surface area contributed by atoms with Gasteiger partial charge >= 0.3 is 0 Å². The van der Waals surface area contributed by atoms with Gasteiger partial charge in [0.2, 0.25) is 5.78 Å². The molecular weight excluding hydrogens is 438 g/mol. The second-order valence-electron chi connectivity index (χ2n) is 4.85. The van der Waals surface area contributed by atoms with Crippen molar-refractivity contribution in [2.75, 3.05) is 0 Å². The van der Waals surface area contributed by atoms with Gasteiger partial charge in [0.05, 0.1) is 27.2 Å². The number of nitrogens with zero attached hydrogens (tertiary/aromatic N) is 2.